The van der Waals surface area contributed by atoms with Crippen molar-refractivity contribution in [1.82, 2.24) is 0 Å². The fourth-order valence-corrected chi connectivity index (χ4v) is 3.49. The second-order valence-corrected chi connectivity index (χ2v) is 7.55. The number of aryl methyl sites for hydroxylation is 1. The summed E-state index contributed by atoms with van der Waals surface area (Å²) in [5.41, 5.74) is 2.84. The van der Waals surface area contributed by atoms with Crippen LogP contribution in [-0.2, 0) is 0 Å². The summed E-state index contributed by atoms with van der Waals surface area (Å²) in [6, 6.07) is 21.7. The van der Waals surface area contributed by atoms with Crippen molar-refractivity contribution in [2.24, 2.45) is 0 Å². The van der Waals surface area contributed by atoms with Gasteiger partial charge in [0, 0.05) is 15.4 Å². The highest BCUT2D eigenvalue weighted by Crippen LogP contribution is 2.29. The standard InChI is InChI=1S/C24H17BrO4/c1-15-20-13-19(28-14-21(26)16-7-9-18(25)10-8-16)11-12-22(20)29-24(27)23(15)17-5-3-2-4-6-17/h2-13H,14H2,1H3. The van der Waals surface area contributed by atoms with Crippen molar-refractivity contribution in [3.8, 4) is 16.9 Å². The number of rotatable bonds is 5. The summed E-state index contributed by atoms with van der Waals surface area (Å²) in [5, 5.41) is 0.775. The third kappa shape index (κ3) is 4.00. The summed E-state index contributed by atoms with van der Waals surface area (Å²) in [7, 11) is 0. The van der Waals surface area contributed by atoms with Gasteiger partial charge in [0.2, 0.25) is 0 Å². The second kappa shape index (κ2) is 8.05. The van der Waals surface area contributed by atoms with Crippen LogP contribution < -0.4 is 10.4 Å². The van der Waals surface area contributed by atoms with E-state index < -0.39 is 0 Å². The summed E-state index contributed by atoms with van der Waals surface area (Å²) in [5.74, 6) is 0.429. The average Bonchev–Trinajstić information content (AvgIpc) is 2.73. The van der Waals surface area contributed by atoms with Crippen LogP contribution in [0.1, 0.15) is 15.9 Å². The molecule has 1 heterocycles. The van der Waals surface area contributed by atoms with Crippen LogP contribution in [0.2, 0.25) is 0 Å². The van der Waals surface area contributed by atoms with E-state index in [0.717, 1.165) is 21.0 Å². The van der Waals surface area contributed by atoms with E-state index in [9.17, 15) is 9.59 Å². The molecule has 0 fully saturated rings. The van der Waals surface area contributed by atoms with E-state index in [-0.39, 0.29) is 18.0 Å². The topological polar surface area (TPSA) is 56.5 Å². The number of hydrogen-bond donors (Lipinski definition) is 0. The Labute approximate surface area is 175 Å². The molecular formula is C24H17BrO4. The number of ketones is 1. The Morgan fingerprint density at radius 3 is 2.45 bits per heavy atom. The molecule has 4 aromatic rings. The first-order valence-corrected chi connectivity index (χ1v) is 9.86. The molecule has 0 unspecified atom stereocenters. The molecule has 0 saturated carbocycles. The number of ether oxygens (including phenoxy) is 1. The predicted molar refractivity (Wildman–Crippen MR) is 117 cm³/mol. The lowest BCUT2D eigenvalue weighted by Crippen LogP contribution is -2.11. The number of benzene rings is 3. The Hall–Kier alpha value is -3.18. The summed E-state index contributed by atoms with van der Waals surface area (Å²) in [6.45, 7) is 1.81. The Morgan fingerprint density at radius 2 is 1.72 bits per heavy atom. The van der Waals surface area contributed by atoms with Gasteiger partial charge in [0.05, 0.1) is 5.56 Å². The molecule has 3 aromatic carbocycles. The minimum Gasteiger partial charge on any atom is -0.485 e. The molecule has 144 valence electrons. The van der Waals surface area contributed by atoms with Crippen molar-refractivity contribution >= 4 is 32.7 Å². The first-order valence-electron chi connectivity index (χ1n) is 9.07. The van der Waals surface area contributed by atoms with Gasteiger partial charge in [0.15, 0.2) is 12.4 Å². The van der Waals surface area contributed by atoms with Crippen molar-refractivity contribution in [3.05, 3.63) is 98.8 Å². The molecule has 29 heavy (non-hydrogen) atoms. The van der Waals surface area contributed by atoms with Gasteiger partial charge >= 0.3 is 5.63 Å². The van der Waals surface area contributed by atoms with Crippen molar-refractivity contribution < 1.29 is 13.9 Å². The summed E-state index contributed by atoms with van der Waals surface area (Å²) < 4.78 is 12.1. The highest BCUT2D eigenvalue weighted by molar-refractivity contribution is 9.10. The zero-order valence-electron chi connectivity index (χ0n) is 15.6. The lowest BCUT2D eigenvalue weighted by atomic mass is 9.99. The van der Waals surface area contributed by atoms with Crippen LogP contribution in [-0.4, -0.2) is 12.4 Å². The third-order valence-electron chi connectivity index (χ3n) is 4.74. The minimum absolute atomic E-state index is 0.0749. The molecule has 1 aromatic heterocycles. The maximum absolute atomic E-state index is 12.5. The van der Waals surface area contributed by atoms with Gasteiger partial charge in [0.1, 0.15) is 11.3 Å². The number of halogens is 1. The number of carbonyl (C=O) groups excluding carboxylic acids is 1. The maximum Gasteiger partial charge on any atom is 0.344 e. The zero-order valence-corrected chi connectivity index (χ0v) is 17.2. The average molecular weight is 449 g/mol. The van der Waals surface area contributed by atoms with E-state index in [0.29, 0.717) is 22.5 Å². The molecule has 0 aliphatic carbocycles. The maximum atomic E-state index is 12.5. The second-order valence-electron chi connectivity index (χ2n) is 6.63. The Morgan fingerprint density at radius 1 is 1.00 bits per heavy atom. The van der Waals surface area contributed by atoms with Crippen molar-refractivity contribution in [2.75, 3.05) is 6.61 Å². The molecule has 5 heteroatoms. The molecule has 0 radical (unpaired) electrons. The molecule has 0 N–H and O–H groups in total. The van der Waals surface area contributed by atoms with E-state index in [4.69, 9.17) is 9.15 Å². The van der Waals surface area contributed by atoms with Crippen LogP contribution in [0.3, 0.4) is 0 Å². The van der Waals surface area contributed by atoms with Crippen LogP contribution >= 0.6 is 15.9 Å². The van der Waals surface area contributed by atoms with Gasteiger partial charge in [-0.05, 0) is 48.4 Å². The van der Waals surface area contributed by atoms with E-state index in [2.05, 4.69) is 15.9 Å². The Bertz CT molecular complexity index is 1240. The Balaban J connectivity index is 1.64. The van der Waals surface area contributed by atoms with Gasteiger partial charge in [-0.15, -0.1) is 0 Å². The van der Waals surface area contributed by atoms with Crippen LogP contribution in [0.25, 0.3) is 22.1 Å². The number of carbonyl (C=O) groups is 1. The molecule has 0 saturated heterocycles. The lowest BCUT2D eigenvalue weighted by Gasteiger charge is -2.10. The number of fused-ring (bicyclic) bond motifs is 1. The first kappa shape index (κ1) is 19.2. The van der Waals surface area contributed by atoms with Crippen molar-refractivity contribution in [2.45, 2.75) is 6.92 Å². The SMILES string of the molecule is Cc1c(-c2ccccc2)c(=O)oc2ccc(OCC(=O)c3ccc(Br)cc3)cc12. The van der Waals surface area contributed by atoms with Gasteiger partial charge < -0.3 is 9.15 Å². The summed E-state index contributed by atoms with van der Waals surface area (Å²) in [4.78, 5) is 24.8. The fraction of sp³-hybridized carbons (Fsp3) is 0.0833. The number of hydrogen-bond acceptors (Lipinski definition) is 4. The van der Waals surface area contributed by atoms with Gasteiger partial charge in [-0.2, -0.15) is 0 Å². The van der Waals surface area contributed by atoms with E-state index in [1.165, 1.54) is 0 Å². The molecule has 4 nitrogen and oxygen atoms in total. The summed E-state index contributed by atoms with van der Waals surface area (Å²) >= 11 is 3.35. The molecule has 0 aliphatic heterocycles. The molecule has 0 spiro atoms. The minimum atomic E-state index is -0.375. The number of Topliss-reactive ketones (excluding diaryl/α,β-unsaturated/α-hetero) is 1. The van der Waals surface area contributed by atoms with Gasteiger partial charge in [-0.3, -0.25) is 4.79 Å². The predicted octanol–water partition coefficient (Wildman–Crippen LogP) is 5.79. The highest BCUT2D eigenvalue weighted by atomic mass is 79.9. The fourth-order valence-electron chi connectivity index (χ4n) is 3.23. The smallest absolute Gasteiger partial charge is 0.344 e. The quantitative estimate of drug-likeness (QED) is 0.286. The molecular weight excluding hydrogens is 432 g/mol. The van der Waals surface area contributed by atoms with Crippen LogP contribution in [0.5, 0.6) is 5.75 Å². The monoisotopic (exact) mass is 448 g/mol. The van der Waals surface area contributed by atoms with Crippen LogP contribution in [0.4, 0.5) is 0 Å². The van der Waals surface area contributed by atoms with E-state index in [1.807, 2.05) is 49.4 Å². The normalized spacial score (nSPS) is 10.8. The molecule has 0 aliphatic rings. The van der Waals surface area contributed by atoms with E-state index in [1.54, 1.807) is 30.3 Å². The van der Waals surface area contributed by atoms with Crippen LogP contribution in [0, 0.1) is 6.92 Å². The van der Waals surface area contributed by atoms with E-state index >= 15 is 0 Å². The molecule has 4 rings (SSSR count). The van der Waals surface area contributed by atoms with Gasteiger partial charge in [-0.1, -0.05) is 58.4 Å². The Kier molecular flexibility index (Phi) is 5.32. The largest absolute Gasteiger partial charge is 0.485 e. The zero-order chi connectivity index (χ0) is 20.4. The molecule has 0 bridgehead atoms. The molecule has 0 amide bonds. The third-order valence-corrected chi connectivity index (χ3v) is 5.26. The van der Waals surface area contributed by atoms with Gasteiger partial charge in [0.25, 0.3) is 0 Å². The van der Waals surface area contributed by atoms with Crippen molar-refractivity contribution in [1.29, 1.82) is 0 Å². The molecule has 0 atom stereocenters. The lowest BCUT2D eigenvalue weighted by molar-refractivity contribution is 0.0921. The summed E-state index contributed by atoms with van der Waals surface area (Å²) in [6.07, 6.45) is 0. The first-order chi connectivity index (χ1) is 14.0. The van der Waals surface area contributed by atoms with Gasteiger partial charge in [-0.25, -0.2) is 4.79 Å². The van der Waals surface area contributed by atoms with Crippen LogP contribution in [0.15, 0.2) is 86.5 Å². The highest BCUT2D eigenvalue weighted by Gasteiger charge is 2.14. The van der Waals surface area contributed by atoms with Crippen molar-refractivity contribution in [3.63, 3.8) is 0 Å².